The summed E-state index contributed by atoms with van der Waals surface area (Å²) in [6.07, 6.45) is 0.438. The number of carbonyl (C=O) groups is 2. The second kappa shape index (κ2) is 9.88. The Morgan fingerprint density at radius 3 is 2.46 bits per heavy atom. The average molecular weight is 333 g/mol. The normalized spacial score (nSPS) is 12.6. The molecule has 0 aliphatic carbocycles. The minimum Gasteiger partial charge on any atom is -0.464 e. The first-order chi connectivity index (χ1) is 11.5. The SMILES string of the molecule is CO/N=C(\C(=O)OC)c1ccccc1CO/N=C(/C)C(C)=NC=O. The lowest BCUT2D eigenvalue weighted by atomic mass is 10.0. The van der Waals surface area contributed by atoms with E-state index in [-0.39, 0.29) is 12.3 Å². The number of amides is 1. The second-order valence-electron chi connectivity index (χ2n) is 4.54. The van der Waals surface area contributed by atoms with Gasteiger partial charge in [0.15, 0.2) is 5.71 Å². The molecule has 0 atom stereocenters. The Bertz CT molecular complexity index is 680. The molecule has 0 heterocycles. The molecule has 0 aliphatic heterocycles. The van der Waals surface area contributed by atoms with Crippen molar-refractivity contribution in [2.75, 3.05) is 14.2 Å². The van der Waals surface area contributed by atoms with Gasteiger partial charge in [-0.1, -0.05) is 34.6 Å². The van der Waals surface area contributed by atoms with Gasteiger partial charge in [0.25, 0.3) is 0 Å². The van der Waals surface area contributed by atoms with E-state index >= 15 is 0 Å². The molecular weight excluding hydrogens is 314 g/mol. The van der Waals surface area contributed by atoms with Crippen molar-refractivity contribution in [2.45, 2.75) is 20.5 Å². The van der Waals surface area contributed by atoms with Crippen LogP contribution in [-0.2, 0) is 30.6 Å². The largest absolute Gasteiger partial charge is 0.464 e. The Morgan fingerprint density at radius 1 is 1.12 bits per heavy atom. The molecule has 0 spiro atoms. The van der Waals surface area contributed by atoms with Crippen LogP contribution in [0.5, 0.6) is 0 Å². The molecule has 0 N–H and O–H groups in total. The number of ether oxygens (including phenoxy) is 1. The van der Waals surface area contributed by atoms with Crippen LogP contribution in [0.15, 0.2) is 39.6 Å². The van der Waals surface area contributed by atoms with Gasteiger partial charge >= 0.3 is 5.97 Å². The van der Waals surface area contributed by atoms with Crippen molar-refractivity contribution < 1.29 is 24.0 Å². The Balaban J connectivity index is 3.01. The van der Waals surface area contributed by atoms with Crippen LogP contribution in [0.4, 0.5) is 0 Å². The molecule has 1 rings (SSSR count). The molecule has 0 aromatic heterocycles. The van der Waals surface area contributed by atoms with Gasteiger partial charge in [0, 0.05) is 11.1 Å². The third-order valence-corrected chi connectivity index (χ3v) is 3.03. The number of hydrogen-bond donors (Lipinski definition) is 0. The molecule has 128 valence electrons. The predicted octanol–water partition coefficient (Wildman–Crippen LogP) is 1.72. The van der Waals surface area contributed by atoms with E-state index in [9.17, 15) is 9.59 Å². The van der Waals surface area contributed by atoms with Crippen LogP contribution in [0.2, 0.25) is 0 Å². The Morgan fingerprint density at radius 2 is 1.83 bits per heavy atom. The van der Waals surface area contributed by atoms with Crippen molar-refractivity contribution in [1.82, 2.24) is 0 Å². The molecule has 1 amide bonds. The molecule has 0 unspecified atom stereocenters. The molecular formula is C16H19N3O5. The highest BCUT2D eigenvalue weighted by atomic mass is 16.6. The number of rotatable bonds is 8. The summed E-state index contributed by atoms with van der Waals surface area (Å²) >= 11 is 0. The lowest BCUT2D eigenvalue weighted by Crippen LogP contribution is -2.19. The fourth-order valence-corrected chi connectivity index (χ4v) is 1.70. The first-order valence-corrected chi connectivity index (χ1v) is 6.97. The van der Waals surface area contributed by atoms with Crippen molar-refractivity contribution in [3.63, 3.8) is 0 Å². The summed E-state index contributed by atoms with van der Waals surface area (Å²) in [5.74, 6) is -0.627. The number of benzene rings is 1. The van der Waals surface area contributed by atoms with Crippen LogP contribution in [0, 0.1) is 0 Å². The zero-order chi connectivity index (χ0) is 17.9. The predicted molar refractivity (Wildman–Crippen MR) is 89.1 cm³/mol. The number of nitrogens with zero attached hydrogens (tertiary/aromatic N) is 3. The Hall–Kier alpha value is -3.03. The quantitative estimate of drug-likeness (QED) is 0.312. The van der Waals surface area contributed by atoms with Crippen LogP contribution >= 0.6 is 0 Å². The lowest BCUT2D eigenvalue weighted by molar-refractivity contribution is -0.132. The average Bonchev–Trinajstić information content (AvgIpc) is 2.59. The van der Waals surface area contributed by atoms with Crippen molar-refractivity contribution in [1.29, 1.82) is 0 Å². The summed E-state index contributed by atoms with van der Waals surface area (Å²) in [6.45, 7) is 3.40. The molecule has 24 heavy (non-hydrogen) atoms. The number of methoxy groups -OCH3 is 1. The molecule has 1 aromatic carbocycles. The molecule has 0 saturated heterocycles. The molecule has 8 nitrogen and oxygen atoms in total. The minimum absolute atomic E-state index is 0.0265. The van der Waals surface area contributed by atoms with Crippen LogP contribution in [0.25, 0.3) is 0 Å². The summed E-state index contributed by atoms with van der Waals surface area (Å²) in [5.41, 5.74) is 2.13. The van der Waals surface area contributed by atoms with Crippen molar-refractivity contribution in [3.8, 4) is 0 Å². The Labute approximate surface area is 139 Å². The highest BCUT2D eigenvalue weighted by molar-refractivity contribution is 6.43. The van der Waals surface area contributed by atoms with Gasteiger partial charge in [-0.05, 0) is 13.8 Å². The first-order valence-electron chi connectivity index (χ1n) is 6.97. The topological polar surface area (TPSA) is 98.9 Å². The molecule has 0 fully saturated rings. The number of hydrogen-bond acceptors (Lipinski definition) is 7. The minimum atomic E-state index is -0.627. The fraction of sp³-hybridized carbons (Fsp3) is 0.312. The van der Waals surface area contributed by atoms with Crippen LogP contribution in [0.3, 0.4) is 0 Å². The zero-order valence-corrected chi connectivity index (χ0v) is 14.0. The van der Waals surface area contributed by atoms with E-state index in [2.05, 4.69) is 15.3 Å². The molecule has 0 aliphatic rings. The van der Waals surface area contributed by atoms with Gasteiger partial charge in [-0.2, -0.15) is 0 Å². The van der Waals surface area contributed by atoms with Gasteiger partial charge in [-0.3, -0.25) is 4.79 Å². The van der Waals surface area contributed by atoms with E-state index in [0.717, 1.165) is 0 Å². The van der Waals surface area contributed by atoms with Gasteiger partial charge in [0.2, 0.25) is 6.41 Å². The summed E-state index contributed by atoms with van der Waals surface area (Å²) in [5, 5.41) is 7.60. The van der Waals surface area contributed by atoms with Crippen LogP contribution in [0.1, 0.15) is 25.0 Å². The van der Waals surface area contributed by atoms with Gasteiger partial charge < -0.3 is 14.4 Å². The van der Waals surface area contributed by atoms with Crippen LogP contribution in [-0.4, -0.2) is 43.7 Å². The van der Waals surface area contributed by atoms with Gasteiger partial charge in [0.05, 0.1) is 18.5 Å². The Kier molecular flexibility index (Phi) is 7.83. The molecule has 1 aromatic rings. The maximum Gasteiger partial charge on any atom is 0.360 e. The highest BCUT2D eigenvalue weighted by Gasteiger charge is 2.19. The van der Waals surface area contributed by atoms with E-state index in [0.29, 0.717) is 29.0 Å². The van der Waals surface area contributed by atoms with E-state index < -0.39 is 5.97 Å². The van der Waals surface area contributed by atoms with E-state index in [1.54, 1.807) is 38.1 Å². The third-order valence-electron chi connectivity index (χ3n) is 3.03. The highest BCUT2D eigenvalue weighted by Crippen LogP contribution is 2.13. The van der Waals surface area contributed by atoms with Gasteiger partial charge in [-0.15, -0.1) is 0 Å². The maximum atomic E-state index is 11.8. The second-order valence-corrected chi connectivity index (χ2v) is 4.54. The molecule has 0 radical (unpaired) electrons. The molecule has 0 bridgehead atoms. The van der Waals surface area contributed by atoms with Crippen LogP contribution < -0.4 is 0 Å². The van der Waals surface area contributed by atoms with E-state index in [4.69, 9.17) is 14.4 Å². The number of oxime groups is 2. The van der Waals surface area contributed by atoms with Crippen molar-refractivity contribution in [2.24, 2.45) is 15.3 Å². The number of aliphatic imine (C=N–C) groups is 1. The lowest BCUT2D eigenvalue weighted by Gasteiger charge is -2.09. The first kappa shape index (κ1) is 19.0. The summed E-state index contributed by atoms with van der Waals surface area (Å²) in [7, 11) is 2.60. The summed E-state index contributed by atoms with van der Waals surface area (Å²) in [6, 6.07) is 7.01. The zero-order valence-electron chi connectivity index (χ0n) is 14.0. The maximum absolute atomic E-state index is 11.8. The smallest absolute Gasteiger partial charge is 0.360 e. The van der Waals surface area contributed by atoms with E-state index in [1.165, 1.54) is 14.2 Å². The standard InChI is InChI=1S/C16H19N3O5/c1-11(17-10-20)12(2)18-24-9-13-7-5-6-8-14(13)15(19-23-4)16(21)22-3/h5-8,10H,9H2,1-4H3/b17-11?,18-12-,19-15-. The van der Waals surface area contributed by atoms with Crippen molar-refractivity contribution in [3.05, 3.63) is 35.4 Å². The monoisotopic (exact) mass is 333 g/mol. The third kappa shape index (κ3) is 5.31. The van der Waals surface area contributed by atoms with E-state index in [1.807, 2.05) is 0 Å². The van der Waals surface area contributed by atoms with Gasteiger partial charge in [0.1, 0.15) is 13.7 Å². The fourth-order valence-electron chi connectivity index (χ4n) is 1.70. The summed E-state index contributed by atoms with van der Waals surface area (Å²) in [4.78, 5) is 35.7. The molecule has 0 saturated carbocycles. The number of carbonyl (C=O) groups excluding carboxylic acids is 2. The summed E-state index contributed by atoms with van der Waals surface area (Å²) < 4.78 is 4.71. The number of esters is 1. The van der Waals surface area contributed by atoms with Crippen molar-refractivity contribution >= 4 is 29.5 Å². The molecule has 8 heteroatoms. The van der Waals surface area contributed by atoms with Gasteiger partial charge in [-0.25, -0.2) is 9.79 Å².